The van der Waals surface area contributed by atoms with Gasteiger partial charge in [0.15, 0.2) is 11.6 Å². The Labute approximate surface area is 210 Å². The lowest BCUT2D eigenvalue weighted by Gasteiger charge is -2.12. The number of anilines is 1. The van der Waals surface area contributed by atoms with E-state index in [9.17, 15) is 15.2 Å². The number of carbonyl (C=O) groups is 1. The summed E-state index contributed by atoms with van der Waals surface area (Å²) in [5, 5.41) is 37.1. The van der Waals surface area contributed by atoms with Crippen molar-refractivity contribution in [3.05, 3.63) is 90.4 Å². The lowest BCUT2D eigenvalue weighted by molar-refractivity contribution is 0.102. The van der Waals surface area contributed by atoms with Crippen LogP contribution in [0.1, 0.15) is 15.9 Å². The van der Waals surface area contributed by atoms with Gasteiger partial charge >= 0.3 is 0 Å². The monoisotopic (exact) mass is 490 g/mol. The van der Waals surface area contributed by atoms with Crippen molar-refractivity contribution in [1.29, 1.82) is 5.26 Å². The fourth-order valence-corrected chi connectivity index (χ4v) is 3.69. The predicted molar refractivity (Wildman–Crippen MR) is 135 cm³/mol. The maximum Gasteiger partial charge on any atom is 0.260 e. The summed E-state index contributed by atoms with van der Waals surface area (Å²) in [5.41, 5.74) is 0.674. The topological polar surface area (TPSA) is 151 Å². The highest BCUT2D eigenvalue weighted by molar-refractivity contribution is 6.16. The third-order valence-electron chi connectivity index (χ3n) is 5.41. The van der Waals surface area contributed by atoms with Gasteiger partial charge in [0.2, 0.25) is 0 Å². The molecule has 0 atom stereocenters. The number of hydrogen-bond acceptors (Lipinski definition) is 9. The third kappa shape index (κ3) is 4.54. The number of methoxy groups -OCH3 is 1. The van der Waals surface area contributed by atoms with E-state index in [2.05, 4.69) is 30.6 Å². The molecule has 0 bridgehead atoms. The summed E-state index contributed by atoms with van der Waals surface area (Å²) in [6, 6.07) is 19.2. The van der Waals surface area contributed by atoms with Crippen molar-refractivity contribution < 1.29 is 14.6 Å². The normalized spacial score (nSPS) is 10.9. The van der Waals surface area contributed by atoms with Crippen LogP contribution in [0.5, 0.6) is 11.5 Å². The van der Waals surface area contributed by atoms with Crippen LogP contribution in [-0.2, 0) is 0 Å². The number of ether oxygens (including phenoxy) is 1. The first kappa shape index (κ1) is 23.1. The number of aromatic nitrogens is 4. The molecular formula is C26H18N8O3. The molecule has 0 aliphatic carbocycles. The van der Waals surface area contributed by atoms with Gasteiger partial charge < -0.3 is 15.2 Å². The molecule has 1 amide bonds. The van der Waals surface area contributed by atoms with Crippen LogP contribution in [0.15, 0.2) is 89.5 Å². The van der Waals surface area contributed by atoms with Crippen molar-refractivity contribution in [3.8, 4) is 23.5 Å². The van der Waals surface area contributed by atoms with Crippen LogP contribution in [0, 0.1) is 11.3 Å². The lowest BCUT2D eigenvalue weighted by atomic mass is 10.0. The Hall–Kier alpha value is -5.63. The van der Waals surface area contributed by atoms with Crippen LogP contribution in [0.2, 0.25) is 0 Å². The van der Waals surface area contributed by atoms with Crippen LogP contribution in [-0.4, -0.2) is 37.9 Å². The Balaban J connectivity index is 1.58. The molecule has 37 heavy (non-hydrogen) atoms. The number of azo groups is 1. The average molecular weight is 490 g/mol. The second-order valence-corrected chi connectivity index (χ2v) is 7.68. The van der Waals surface area contributed by atoms with Crippen LogP contribution in [0.4, 0.5) is 17.2 Å². The zero-order valence-corrected chi connectivity index (χ0v) is 19.4. The minimum atomic E-state index is -0.542. The van der Waals surface area contributed by atoms with Gasteiger partial charge in [-0.05, 0) is 35.0 Å². The number of fused-ring (bicyclic) bond motifs is 1. The highest BCUT2D eigenvalue weighted by atomic mass is 16.5. The fourth-order valence-electron chi connectivity index (χ4n) is 3.69. The molecule has 2 N–H and O–H groups in total. The summed E-state index contributed by atoms with van der Waals surface area (Å²) in [6.45, 7) is 0. The zero-order chi connectivity index (χ0) is 25.8. The summed E-state index contributed by atoms with van der Waals surface area (Å²) in [5.74, 6) is -0.0766. The minimum Gasteiger partial charge on any atom is -0.505 e. The molecule has 0 radical (unpaired) electrons. The van der Waals surface area contributed by atoms with E-state index in [-0.39, 0.29) is 34.3 Å². The number of rotatable bonds is 6. The number of benzene rings is 3. The SMILES string of the molecule is COc1cccc(NC(=O)c2c(O)c(/N=N/c3c(C#N)cnn3-c3ncccn3)cc3ccccc23)c1. The van der Waals surface area contributed by atoms with Crippen molar-refractivity contribution in [3.63, 3.8) is 0 Å². The number of phenols is 1. The minimum absolute atomic E-state index is 0.0234. The van der Waals surface area contributed by atoms with Gasteiger partial charge in [0.05, 0.1) is 18.9 Å². The molecule has 0 aliphatic heterocycles. The standard InChI is InChI=1S/C26H18N8O3/c1-37-19-8-4-7-18(13-19)31-25(36)22-20-9-3-2-6-16(20)12-21(23(22)35)32-33-24-17(14-27)15-30-34(24)26-28-10-5-11-29-26/h2-13,15,35H,1H3,(H,31,36)/b33-32+. The molecule has 5 aromatic rings. The molecule has 0 aliphatic rings. The van der Waals surface area contributed by atoms with Crippen molar-refractivity contribution >= 4 is 33.9 Å². The van der Waals surface area contributed by atoms with Gasteiger partial charge in [0.1, 0.15) is 23.1 Å². The highest BCUT2D eigenvalue weighted by Crippen LogP contribution is 2.38. The van der Waals surface area contributed by atoms with Gasteiger partial charge in [-0.15, -0.1) is 10.2 Å². The molecule has 0 fully saturated rings. The summed E-state index contributed by atoms with van der Waals surface area (Å²) in [4.78, 5) is 21.6. The first-order valence-electron chi connectivity index (χ1n) is 11.0. The molecule has 0 unspecified atom stereocenters. The summed E-state index contributed by atoms with van der Waals surface area (Å²) >= 11 is 0. The second-order valence-electron chi connectivity index (χ2n) is 7.68. The van der Waals surface area contributed by atoms with Crippen LogP contribution >= 0.6 is 0 Å². The second kappa shape index (κ2) is 9.93. The van der Waals surface area contributed by atoms with Crippen LogP contribution in [0.3, 0.4) is 0 Å². The Morgan fingerprint density at radius 1 is 1.08 bits per heavy atom. The van der Waals surface area contributed by atoms with Crippen LogP contribution < -0.4 is 10.1 Å². The lowest BCUT2D eigenvalue weighted by Crippen LogP contribution is -2.12. The molecule has 180 valence electrons. The van der Waals surface area contributed by atoms with E-state index in [1.165, 1.54) is 30.4 Å². The molecule has 11 nitrogen and oxygen atoms in total. The fraction of sp³-hybridized carbons (Fsp3) is 0.0385. The molecular weight excluding hydrogens is 472 g/mol. The first-order valence-corrected chi connectivity index (χ1v) is 11.0. The number of carbonyl (C=O) groups excluding carboxylic acids is 1. The first-order chi connectivity index (χ1) is 18.1. The summed E-state index contributed by atoms with van der Waals surface area (Å²) in [7, 11) is 1.53. The predicted octanol–water partition coefficient (Wildman–Crippen LogP) is 5.07. The molecule has 5 rings (SSSR count). The maximum atomic E-state index is 13.3. The van der Waals surface area contributed by atoms with Gasteiger partial charge in [-0.1, -0.05) is 30.3 Å². The molecule has 2 aromatic heterocycles. The molecule has 0 saturated carbocycles. The van der Waals surface area contributed by atoms with E-state index in [0.29, 0.717) is 22.2 Å². The van der Waals surface area contributed by atoms with Crippen molar-refractivity contribution in [1.82, 2.24) is 19.7 Å². The van der Waals surface area contributed by atoms with Gasteiger partial charge in [0, 0.05) is 24.1 Å². The van der Waals surface area contributed by atoms with Crippen molar-refractivity contribution in [2.24, 2.45) is 10.2 Å². The molecule has 0 saturated heterocycles. The van der Waals surface area contributed by atoms with Crippen molar-refractivity contribution in [2.75, 3.05) is 12.4 Å². The maximum absolute atomic E-state index is 13.3. The van der Waals surface area contributed by atoms with Crippen molar-refractivity contribution in [2.45, 2.75) is 0 Å². The van der Waals surface area contributed by atoms with E-state index in [1.807, 2.05) is 6.07 Å². The van der Waals surface area contributed by atoms with E-state index < -0.39 is 5.91 Å². The zero-order valence-electron chi connectivity index (χ0n) is 19.4. The van der Waals surface area contributed by atoms with E-state index in [0.717, 1.165) is 0 Å². The Kier molecular flexibility index (Phi) is 6.21. The number of nitrogens with one attached hydrogen (secondary N) is 1. The molecule has 3 aromatic carbocycles. The number of nitriles is 1. The number of hydrogen-bond donors (Lipinski definition) is 2. The smallest absolute Gasteiger partial charge is 0.260 e. The number of amides is 1. The summed E-state index contributed by atoms with van der Waals surface area (Å²) < 4.78 is 6.48. The molecule has 2 heterocycles. The number of aromatic hydroxyl groups is 1. The van der Waals surface area contributed by atoms with E-state index in [1.54, 1.807) is 60.7 Å². The van der Waals surface area contributed by atoms with Gasteiger partial charge in [0.25, 0.3) is 11.9 Å². The number of phenolic OH excluding ortho intramolecular Hbond substituents is 1. The van der Waals surface area contributed by atoms with Gasteiger partial charge in [-0.25, -0.2) is 9.97 Å². The quantitative estimate of drug-likeness (QED) is 0.315. The Morgan fingerprint density at radius 3 is 2.68 bits per heavy atom. The Morgan fingerprint density at radius 2 is 1.89 bits per heavy atom. The average Bonchev–Trinajstić information content (AvgIpc) is 3.35. The number of nitrogens with zero attached hydrogens (tertiary/aromatic N) is 7. The van der Waals surface area contributed by atoms with Gasteiger partial charge in [-0.2, -0.15) is 15.0 Å². The molecule has 11 heteroatoms. The van der Waals surface area contributed by atoms with Crippen LogP contribution in [0.25, 0.3) is 16.7 Å². The van der Waals surface area contributed by atoms with E-state index >= 15 is 0 Å². The highest BCUT2D eigenvalue weighted by Gasteiger charge is 2.20. The largest absolute Gasteiger partial charge is 0.505 e. The van der Waals surface area contributed by atoms with Gasteiger partial charge in [-0.3, -0.25) is 4.79 Å². The van der Waals surface area contributed by atoms with E-state index in [4.69, 9.17) is 4.74 Å². The summed E-state index contributed by atoms with van der Waals surface area (Å²) in [6.07, 6.45) is 4.37. The Bertz CT molecular complexity index is 1690. The third-order valence-corrected chi connectivity index (χ3v) is 5.41. The molecule has 0 spiro atoms.